The van der Waals surface area contributed by atoms with Crippen molar-refractivity contribution in [1.29, 1.82) is 0 Å². The number of hydrogen-bond donors (Lipinski definition) is 0. The Morgan fingerprint density at radius 2 is 1.52 bits per heavy atom. The Hall–Kier alpha value is -2.07. The average Bonchev–Trinajstić information content (AvgIpc) is 2.79. The van der Waals surface area contributed by atoms with Gasteiger partial charge in [0.15, 0.2) is 11.5 Å². The second-order valence-corrected chi connectivity index (χ2v) is 8.41. The van der Waals surface area contributed by atoms with Gasteiger partial charge in [0.05, 0.1) is 13.2 Å². The second-order valence-electron chi connectivity index (χ2n) is 8.41. The highest BCUT2D eigenvalue weighted by molar-refractivity contribution is 5.43. The summed E-state index contributed by atoms with van der Waals surface area (Å²) in [6.07, 6.45) is 12.5. The molecule has 0 saturated heterocycles. The van der Waals surface area contributed by atoms with Gasteiger partial charge in [-0.25, -0.2) is 0 Å². The smallest absolute Gasteiger partial charge is 0.161 e. The number of benzene rings is 1. The molecule has 2 rings (SSSR count). The Morgan fingerprint density at radius 1 is 0.806 bits per heavy atom. The van der Waals surface area contributed by atoms with E-state index in [0.29, 0.717) is 0 Å². The Bertz CT molecular complexity index is 706. The number of rotatable bonds is 17. The van der Waals surface area contributed by atoms with Crippen molar-refractivity contribution in [2.24, 2.45) is 0 Å². The Kier molecular flexibility index (Phi) is 12.8. The highest BCUT2D eigenvalue weighted by Crippen LogP contribution is 2.29. The quantitative estimate of drug-likeness (QED) is 0.264. The van der Waals surface area contributed by atoms with Gasteiger partial charge in [-0.05, 0) is 49.7 Å². The van der Waals surface area contributed by atoms with Crippen LogP contribution in [0, 0.1) is 0 Å². The largest absolute Gasteiger partial charge is 0.490 e. The first-order valence-electron chi connectivity index (χ1n) is 12.2. The van der Waals surface area contributed by atoms with Crippen LogP contribution in [0.25, 0.3) is 0 Å². The minimum atomic E-state index is 0.755. The van der Waals surface area contributed by atoms with Gasteiger partial charge < -0.3 is 14.4 Å². The number of ether oxygens (including phenoxy) is 2. The van der Waals surface area contributed by atoms with Crippen LogP contribution in [0.5, 0.6) is 11.5 Å². The third-order valence-corrected chi connectivity index (χ3v) is 5.45. The molecule has 4 heteroatoms. The van der Waals surface area contributed by atoms with E-state index >= 15 is 0 Å². The lowest BCUT2D eigenvalue weighted by Gasteiger charge is -2.19. The van der Waals surface area contributed by atoms with Crippen molar-refractivity contribution in [3.63, 3.8) is 0 Å². The van der Waals surface area contributed by atoms with Crippen molar-refractivity contribution in [2.75, 3.05) is 26.8 Å². The average molecular weight is 427 g/mol. The summed E-state index contributed by atoms with van der Waals surface area (Å²) in [4.78, 5) is 6.76. The molecule has 172 valence electrons. The van der Waals surface area contributed by atoms with E-state index in [2.05, 4.69) is 55.0 Å². The number of aromatic nitrogens is 1. The van der Waals surface area contributed by atoms with Crippen LogP contribution in [0.4, 0.5) is 0 Å². The van der Waals surface area contributed by atoms with Gasteiger partial charge >= 0.3 is 0 Å². The Balaban J connectivity index is 1.90. The first-order chi connectivity index (χ1) is 15.2. The number of pyridine rings is 1. The van der Waals surface area contributed by atoms with E-state index in [0.717, 1.165) is 62.8 Å². The van der Waals surface area contributed by atoms with Gasteiger partial charge in [0.25, 0.3) is 0 Å². The SMILES string of the molecule is CCCCCCOc1ccc(CN(C)CCc2ccccn2)cc1OCCCCCC. The molecule has 0 amide bonds. The zero-order valence-electron chi connectivity index (χ0n) is 19.9. The zero-order chi connectivity index (χ0) is 22.2. The first-order valence-corrected chi connectivity index (χ1v) is 12.2. The van der Waals surface area contributed by atoms with E-state index in [4.69, 9.17) is 9.47 Å². The summed E-state index contributed by atoms with van der Waals surface area (Å²) < 4.78 is 12.2. The van der Waals surface area contributed by atoms with Crippen LogP contribution in [-0.2, 0) is 13.0 Å². The lowest BCUT2D eigenvalue weighted by molar-refractivity contribution is 0.257. The molecular formula is C27H42N2O2. The van der Waals surface area contributed by atoms with Crippen LogP contribution >= 0.6 is 0 Å². The number of likely N-dealkylation sites (N-methyl/N-ethyl adjacent to an activating group) is 1. The van der Waals surface area contributed by atoms with Crippen LogP contribution in [-0.4, -0.2) is 36.7 Å². The molecule has 0 unspecified atom stereocenters. The Labute approximate surface area is 190 Å². The molecule has 31 heavy (non-hydrogen) atoms. The van der Waals surface area contributed by atoms with Crippen molar-refractivity contribution in [2.45, 2.75) is 78.2 Å². The predicted molar refractivity (Wildman–Crippen MR) is 130 cm³/mol. The van der Waals surface area contributed by atoms with E-state index in [1.54, 1.807) is 0 Å². The fourth-order valence-electron chi connectivity index (χ4n) is 3.55. The first kappa shape index (κ1) is 25.2. The van der Waals surface area contributed by atoms with Crippen molar-refractivity contribution in [3.8, 4) is 11.5 Å². The van der Waals surface area contributed by atoms with E-state index in [1.165, 1.54) is 44.1 Å². The van der Waals surface area contributed by atoms with Crippen molar-refractivity contribution < 1.29 is 9.47 Å². The third-order valence-electron chi connectivity index (χ3n) is 5.45. The molecule has 1 heterocycles. The molecule has 0 radical (unpaired) electrons. The summed E-state index contributed by atoms with van der Waals surface area (Å²) in [5.74, 6) is 1.77. The highest BCUT2D eigenvalue weighted by atomic mass is 16.5. The van der Waals surface area contributed by atoms with E-state index < -0.39 is 0 Å². The summed E-state index contributed by atoms with van der Waals surface area (Å²) in [5.41, 5.74) is 2.39. The minimum Gasteiger partial charge on any atom is -0.490 e. The van der Waals surface area contributed by atoms with Crippen LogP contribution in [0.2, 0.25) is 0 Å². The number of hydrogen-bond acceptors (Lipinski definition) is 4. The van der Waals surface area contributed by atoms with Crippen molar-refractivity contribution in [3.05, 3.63) is 53.9 Å². The fourth-order valence-corrected chi connectivity index (χ4v) is 3.55. The third kappa shape index (κ3) is 10.7. The monoisotopic (exact) mass is 426 g/mol. The topological polar surface area (TPSA) is 34.6 Å². The molecule has 0 aliphatic carbocycles. The molecule has 4 nitrogen and oxygen atoms in total. The lowest BCUT2D eigenvalue weighted by atomic mass is 10.1. The van der Waals surface area contributed by atoms with Gasteiger partial charge in [-0.2, -0.15) is 0 Å². The van der Waals surface area contributed by atoms with Gasteiger partial charge in [0.2, 0.25) is 0 Å². The number of unbranched alkanes of at least 4 members (excludes halogenated alkanes) is 6. The van der Waals surface area contributed by atoms with Crippen LogP contribution in [0.15, 0.2) is 42.6 Å². The Morgan fingerprint density at radius 3 is 2.16 bits per heavy atom. The summed E-state index contributed by atoms with van der Waals surface area (Å²) in [6, 6.07) is 12.5. The van der Waals surface area contributed by atoms with Gasteiger partial charge in [0, 0.05) is 31.4 Å². The maximum atomic E-state index is 6.16. The van der Waals surface area contributed by atoms with Crippen LogP contribution in [0.3, 0.4) is 0 Å². The predicted octanol–water partition coefficient (Wildman–Crippen LogP) is 6.67. The maximum absolute atomic E-state index is 6.16. The summed E-state index contributed by atoms with van der Waals surface area (Å²) >= 11 is 0. The zero-order valence-corrected chi connectivity index (χ0v) is 19.9. The molecule has 0 fully saturated rings. The summed E-state index contributed by atoms with van der Waals surface area (Å²) in [7, 11) is 2.16. The molecule has 0 saturated carbocycles. The molecule has 0 aliphatic heterocycles. The molecule has 0 aliphatic rings. The second kappa shape index (κ2) is 15.7. The van der Waals surface area contributed by atoms with E-state index in [9.17, 15) is 0 Å². The standard InChI is InChI=1S/C27H42N2O2/c1-4-6-8-12-20-30-26-16-15-24(22-27(26)31-21-13-9-7-5-2)23-29(3)19-17-25-14-10-11-18-28-25/h10-11,14-16,18,22H,4-9,12-13,17,19-21,23H2,1-3H3. The molecule has 2 aromatic rings. The normalized spacial score (nSPS) is 11.1. The summed E-state index contributed by atoms with van der Waals surface area (Å²) in [6.45, 7) is 7.84. The van der Waals surface area contributed by atoms with Gasteiger partial charge in [-0.1, -0.05) is 64.5 Å². The summed E-state index contributed by atoms with van der Waals surface area (Å²) in [5, 5.41) is 0. The fraction of sp³-hybridized carbons (Fsp3) is 0.593. The highest BCUT2D eigenvalue weighted by Gasteiger charge is 2.09. The molecule has 1 aromatic heterocycles. The molecule has 1 aromatic carbocycles. The van der Waals surface area contributed by atoms with Gasteiger partial charge in [-0.3, -0.25) is 4.98 Å². The van der Waals surface area contributed by atoms with E-state index in [1.807, 2.05) is 18.3 Å². The van der Waals surface area contributed by atoms with Crippen molar-refractivity contribution >= 4 is 0 Å². The van der Waals surface area contributed by atoms with Crippen LogP contribution < -0.4 is 9.47 Å². The molecule has 0 spiro atoms. The van der Waals surface area contributed by atoms with Gasteiger partial charge in [-0.15, -0.1) is 0 Å². The maximum Gasteiger partial charge on any atom is 0.161 e. The van der Waals surface area contributed by atoms with Crippen molar-refractivity contribution in [1.82, 2.24) is 9.88 Å². The van der Waals surface area contributed by atoms with E-state index in [-0.39, 0.29) is 0 Å². The minimum absolute atomic E-state index is 0.755. The van der Waals surface area contributed by atoms with Gasteiger partial charge in [0.1, 0.15) is 0 Å². The lowest BCUT2D eigenvalue weighted by Crippen LogP contribution is -2.21. The molecule has 0 bridgehead atoms. The van der Waals surface area contributed by atoms with Crippen LogP contribution in [0.1, 0.15) is 76.5 Å². The molecule has 0 atom stereocenters. The molecular weight excluding hydrogens is 384 g/mol. The number of nitrogens with zero attached hydrogens (tertiary/aromatic N) is 2. The molecule has 0 N–H and O–H groups in total.